The van der Waals surface area contributed by atoms with Crippen LogP contribution in [0.4, 0.5) is 0 Å². The molecule has 0 bridgehead atoms. The lowest BCUT2D eigenvalue weighted by molar-refractivity contribution is -0.118. The standard InChI is InChI=1S/C24H28N4O2S/c1-17-8-5-6-12-20(17)23(18-9-3-2-4-10-18)31-24-27-26-22(14-13-21(25)29)28(24)16-19-11-7-15-30-19/h2-6,8-10,12,19,23H,7,11,13-16H2,1H3,(H2,25,29). The van der Waals surface area contributed by atoms with Crippen molar-refractivity contribution in [3.05, 3.63) is 77.1 Å². The average Bonchev–Trinajstić information content (AvgIpc) is 3.42. The Kier molecular flexibility index (Phi) is 7.04. The van der Waals surface area contributed by atoms with Crippen LogP contribution >= 0.6 is 11.8 Å². The molecular formula is C24H28N4O2S. The Balaban J connectivity index is 1.68. The average molecular weight is 437 g/mol. The van der Waals surface area contributed by atoms with Gasteiger partial charge in [-0.25, -0.2) is 0 Å². The van der Waals surface area contributed by atoms with Crippen molar-refractivity contribution in [1.82, 2.24) is 14.8 Å². The van der Waals surface area contributed by atoms with E-state index in [0.717, 1.165) is 30.4 Å². The molecule has 3 aromatic rings. The van der Waals surface area contributed by atoms with Crippen molar-refractivity contribution in [3.8, 4) is 0 Å². The van der Waals surface area contributed by atoms with Crippen molar-refractivity contribution in [2.45, 2.75) is 55.7 Å². The molecular weight excluding hydrogens is 408 g/mol. The molecule has 1 fully saturated rings. The highest BCUT2D eigenvalue weighted by molar-refractivity contribution is 7.99. The van der Waals surface area contributed by atoms with Gasteiger partial charge in [-0.3, -0.25) is 4.79 Å². The normalized spacial score (nSPS) is 17.0. The van der Waals surface area contributed by atoms with Crippen LogP contribution in [0.5, 0.6) is 0 Å². The van der Waals surface area contributed by atoms with Gasteiger partial charge in [0.05, 0.1) is 17.9 Å². The molecule has 1 aliphatic heterocycles. The first-order valence-electron chi connectivity index (χ1n) is 10.7. The van der Waals surface area contributed by atoms with Gasteiger partial charge in [-0.1, -0.05) is 66.4 Å². The number of hydrogen-bond acceptors (Lipinski definition) is 5. The zero-order valence-electron chi connectivity index (χ0n) is 17.7. The predicted molar refractivity (Wildman–Crippen MR) is 122 cm³/mol. The number of benzene rings is 2. The van der Waals surface area contributed by atoms with Gasteiger partial charge >= 0.3 is 0 Å². The molecule has 2 aromatic carbocycles. The molecule has 2 N–H and O–H groups in total. The van der Waals surface area contributed by atoms with Crippen LogP contribution in [0.25, 0.3) is 0 Å². The Morgan fingerprint density at radius 3 is 2.68 bits per heavy atom. The van der Waals surface area contributed by atoms with E-state index in [4.69, 9.17) is 10.5 Å². The van der Waals surface area contributed by atoms with Gasteiger partial charge in [-0.15, -0.1) is 10.2 Å². The number of nitrogens with two attached hydrogens (primary N) is 1. The zero-order valence-corrected chi connectivity index (χ0v) is 18.6. The molecule has 0 aliphatic carbocycles. The number of ether oxygens (including phenoxy) is 1. The van der Waals surface area contributed by atoms with E-state index in [0.29, 0.717) is 13.0 Å². The summed E-state index contributed by atoms with van der Waals surface area (Å²) in [4.78, 5) is 11.4. The summed E-state index contributed by atoms with van der Waals surface area (Å²) in [5, 5.41) is 9.87. The second-order valence-corrected chi connectivity index (χ2v) is 8.95. The third-order valence-electron chi connectivity index (χ3n) is 5.60. The van der Waals surface area contributed by atoms with Crippen LogP contribution < -0.4 is 5.73 Å². The summed E-state index contributed by atoms with van der Waals surface area (Å²) in [7, 11) is 0. The van der Waals surface area contributed by atoms with Gasteiger partial charge in [0.25, 0.3) is 0 Å². The van der Waals surface area contributed by atoms with E-state index in [-0.39, 0.29) is 23.7 Å². The molecule has 0 spiro atoms. The number of aromatic nitrogens is 3. The van der Waals surface area contributed by atoms with Crippen molar-refractivity contribution in [2.24, 2.45) is 5.73 Å². The van der Waals surface area contributed by atoms with E-state index in [2.05, 4.69) is 70.2 Å². The number of primary amides is 1. The van der Waals surface area contributed by atoms with E-state index in [1.807, 2.05) is 6.07 Å². The van der Waals surface area contributed by atoms with Gasteiger partial charge in [0.15, 0.2) is 5.16 Å². The number of nitrogens with zero attached hydrogens (tertiary/aromatic N) is 3. The summed E-state index contributed by atoms with van der Waals surface area (Å²) in [5.74, 6) is 0.455. The molecule has 2 atom stereocenters. The molecule has 0 radical (unpaired) electrons. The SMILES string of the molecule is Cc1ccccc1C(Sc1nnc(CCC(N)=O)n1CC1CCCO1)c1ccccc1. The Labute approximate surface area is 187 Å². The number of amides is 1. The van der Waals surface area contributed by atoms with Gasteiger partial charge in [-0.05, 0) is 36.5 Å². The summed E-state index contributed by atoms with van der Waals surface area (Å²) in [6.45, 7) is 3.63. The molecule has 4 rings (SSSR count). The van der Waals surface area contributed by atoms with E-state index in [9.17, 15) is 4.79 Å². The van der Waals surface area contributed by atoms with E-state index >= 15 is 0 Å². The summed E-state index contributed by atoms with van der Waals surface area (Å²) in [5.41, 5.74) is 9.09. The lowest BCUT2D eigenvalue weighted by Gasteiger charge is -2.21. The number of thioether (sulfide) groups is 1. The molecule has 6 nitrogen and oxygen atoms in total. The number of rotatable bonds is 9. The summed E-state index contributed by atoms with van der Waals surface area (Å²) >= 11 is 1.69. The highest BCUT2D eigenvalue weighted by Crippen LogP contribution is 2.41. The van der Waals surface area contributed by atoms with E-state index in [1.165, 1.54) is 16.7 Å². The van der Waals surface area contributed by atoms with Crippen LogP contribution in [-0.2, 0) is 22.5 Å². The van der Waals surface area contributed by atoms with Crippen LogP contribution in [0.15, 0.2) is 59.8 Å². The summed E-state index contributed by atoms with van der Waals surface area (Å²) in [6.07, 6.45) is 2.99. The van der Waals surface area contributed by atoms with Gasteiger partial charge in [-0.2, -0.15) is 0 Å². The minimum Gasteiger partial charge on any atom is -0.376 e. The maximum absolute atomic E-state index is 11.4. The number of carbonyl (C=O) groups excluding carboxylic acids is 1. The molecule has 2 unspecified atom stereocenters. The number of hydrogen-bond donors (Lipinski definition) is 1. The van der Waals surface area contributed by atoms with Crippen LogP contribution in [0.2, 0.25) is 0 Å². The van der Waals surface area contributed by atoms with Crippen molar-refractivity contribution >= 4 is 17.7 Å². The molecule has 0 saturated carbocycles. The first-order valence-corrected chi connectivity index (χ1v) is 11.6. The largest absolute Gasteiger partial charge is 0.376 e. The second-order valence-electron chi connectivity index (χ2n) is 7.88. The smallest absolute Gasteiger partial charge is 0.217 e. The van der Waals surface area contributed by atoms with Crippen molar-refractivity contribution < 1.29 is 9.53 Å². The fraction of sp³-hybridized carbons (Fsp3) is 0.375. The third-order valence-corrected chi connectivity index (χ3v) is 6.87. The first kappa shape index (κ1) is 21.6. The Morgan fingerprint density at radius 2 is 1.97 bits per heavy atom. The lowest BCUT2D eigenvalue weighted by Crippen LogP contribution is -2.19. The summed E-state index contributed by atoms with van der Waals surface area (Å²) < 4.78 is 8.00. The van der Waals surface area contributed by atoms with Crippen LogP contribution in [0.1, 0.15) is 47.0 Å². The molecule has 7 heteroatoms. The van der Waals surface area contributed by atoms with Crippen molar-refractivity contribution in [2.75, 3.05) is 6.61 Å². The monoisotopic (exact) mass is 436 g/mol. The maximum Gasteiger partial charge on any atom is 0.217 e. The Morgan fingerprint density at radius 1 is 1.19 bits per heavy atom. The van der Waals surface area contributed by atoms with Crippen LogP contribution in [0, 0.1) is 6.92 Å². The minimum atomic E-state index is -0.331. The quantitative estimate of drug-likeness (QED) is 0.511. The van der Waals surface area contributed by atoms with E-state index < -0.39 is 0 Å². The summed E-state index contributed by atoms with van der Waals surface area (Å²) in [6, 6.07) is 18.9. The van der Waals surface area contributed by atoms with Gasteiger partial charge in [0.1, 0.15) is 5.82 Å². The van der Waals surface area contributed by atoms with Crippen molar-refractivity contribution in [1.29, 1.82) is 0 Å². The molecule has 2 heterocycles. The molecule has 1 amide bonds. The molecule has 1 saturated heterocycles. The number of carbonyl (C=O) groups is 1. The van der Waals surface area contributed by atoms with Gasteiger partial charge in [0.2, 0.25) is 5.91 Å². The lowest BCUT2D eigenvalue weighted by atomic mass is 10.0. The highest BCUT2D eigenvalue weighted by Gasteiger charge is 2.25. The Hall–Kier alpha value is -2.64. The fourth-order valence-electron chi connectivity index (χ4n) is 3.93. The van der Waals surface area contributed by atoms with Gasteiger partial charge in [0, 0.05) is 19.4 Å². The predicted octanol–water partition coefficient (Wildman–Crippen LogP) is 4.07. The van der Waals surface area contributed by atoms with Crippen molar-refractivity contribution in [3.63, 3.8) is 0 Å². The third kappa shape index (κ3) is 5.35. The fourth-order valence-corrected chi connectivity index (χ4v) is 5.22. The second kappa shape index (κ2) is 10.1. The molecule has 31 heavy (non-hydrogen) atoms. The molecule has 1 aliphatic rings. The topological polar surface area (TPSA) is 83.0 Å². The highest BCUT2D eigenvalue weighted by atomic mass is 32.2. The molecule has 1 aromatic heterocycles. The zero-order chi connectivity index (χ0) is 21.6. The van der Waals surface area contributed by atoms with Crippen LogP contribution in [0.3, 0.4) is 0 Å². The molecule has 162 valence electrons. The maximum atomic E-state index is 11.4. The van der Waals surface area contributed by atoms with Gasteiger partial charge < -0.3 is 15.0 Å². The van der Waals surface area contributed by atoms with E-state index in [1.54, 1.807) is 11.8 Å². The number of aryl methyl sites for hydroxylation is 2. The first-order chi connectivity index (χ1) is 15.1. The van der Waals surface area contributed by atoms with Crippen LogP contribution in [-0.4, -0.2) is 33.4 Å². The minimum absolute atomic E-state index is 0.0823. The Bertz CT molecular complexity index is 1020.